The van der Waals surface area contributed by atoms with Crippen LogP contribution in [0.3, 0.4) is 0 Å². The van der Waals surface area contributed by atoms with Crippen LogP contribution in [0, 0.1) is 0 Å². The molecule has 4 nitrogen and oxygen atoms in total. The smallest absolute Gasteiger partial charge is 0.228 e. The summed E-state index contributed by atoms with van der Waals surface area (Å²) in [5.74, 6) is 0.192. The summed E-state index contributed by atoms with van der Waals surface area (Å²) in [4.78, 5) is 21.9. The number of amides is 1. The molecule has 1 saturated heterocycles. The highest BCUT2D eigenvalue weighted by molar-refractivity contribution is 7.21. The average molecular weight is 384 g/mol. The van der Waals surface area contributed by atoms with E-state index in [1.165, 1.54) is 0 Å². The largest absolute Gasteiger partial charge is 0.340 e. The van der Waals surface area contributed by atoms with E-state index in [1.807, 2.05) is 29.2 Å². The fraction of sp³-hybridized carbons (Fsp3) is 0.300. The van der Waals surface area contributed by atoms with Gasteiger partial charge in [-0.25, -0.2) is 4.98 Å². The number of hydrogen-bond acceptors (Lipinski definition) is 5. The number of hydrogen-bond donors (Lipinski definition) is 1. The highest BCUT2D eigenvalue weighted by atomic mass is 32.1. The van der Waals surface area contributed by atoms with Gasteiger partial charge in [-0.3, -0.25) is 4.79 Å². The first-order valence-electron chi connectivity index (χ1n) is 8.81. The Morgan fingerprint density at radius 3 is 2.85 bits per heavy atom. The Kier molecular flexibility index (Phi) is 5.15. The Morgan fingerprint density at radius 2 is 2.12 bits per heavy atom. The fourth-order valence-electron chi connectivity index (χ4n) is 3.21. The van der Waals surface area contributed by atoms with Crippen LogP contribution < -0.4 is 5.32 Å². The molecule has 4 rings (SSSR count). The molecule has 1 unspecified atom stereocenters. The van der Waals surface area contributed by atoms with Crippen LogP contribution in [0.4, 0.5) is 0 Å². The van der Waals surface area contributed by atoms with E-state index in [0.717, 1.165) is 45.7 Å². The molecule has 0 saturated carbocycles. The maximum atomic E-state index is 12.9. The van der Waals surface area contributed by atoms with Crippen molar-refractivity contribution in [2.45, 2.75) is 19.4 Å². The average Bonchev–Trinajstić information content (AvgIpc) is 3.32. The third-order valence-corrected chi connectivity index (χ3v) is 6.60. The Bertz CT molecular complexity index is 874. The van der Waals surface area contributed by atoms with E-state index in [2.05, 4.69) is 35.8 Å². The third kappa shape index (κ3) is 3.72. The number of benzene rings is 1. The zero-order valence-electron chi connectivity index (χ0n) is 14.6. The van der Waals surface area contributed by atoms with Crippen molar-refractivity contribution in [3.05, 3.63) is 52.7 Å². The van der Waals surface area contributed by atoms with Crippen molar-refractivity contribution in [1.82, 2.24) is 15.2 Å². The van der Waals surface area contributed by atoms with Crippen molar-refractivity contribution < 1.29 is 4.79 Å². The van der Waals surface area contributed by atoms with Crippen LogP contribution in [0.25, 0.3) is 21.1 Å². The molecule has 1 atom stereocenters. The lowest BCUT2D eigenvalue weighted by atomic mass is 10.1. The lowest BCUT2D eigenvalue weighted by molar-refractivity contribution is -0.131. The van der Waals surface area contributed by atoms with Crippen LogP contribution in [0.5, 0.6) is 0 Å². The van der Waals surface area contributed by atoms with Gasteiger partial charge in [0.15, 0.2) is 0 Å². The van der Waals surface area contributed by atoms with Gasteiger partial charge in [0.1, 0.15) is 5.01 Å². The maximum Gasteiger partial charge on any atom is 0.228 e. The van der Waals surface area contributed by atoms with E-state index in [-0.39, 0.29) is 5.91 Å². The Balaban J connectivity index is 1.64. The van der Waals surface area contributed by atoms with Crippen LogP contribution in [0.1, 0.15) is 11.8 Å². The number of thiazole rings is 1. The molecule has 0 aliphatic carbocycles. The minimum absolute atomic E-state index is 0.192. The topological polar surface area (TPSA) is 45.2 Å². The molecule has 0 spiro atoms. The molecule has 1 fully saturated rings. The minimum Gasteiger partial charge on any atom is -0.340 e. The van der Waals surface area contributed by atoms with Crippen LogP contribution in [0.15, 0.2) is 47.8 Å². The Labute approximate surface area is 161 Å². The predicted molar refractivity (Wildman–Crippen MR) is 109 cm³/mol. The van der Waals surface area contributed by atoms with E-state index >= 15 is 0 Å². The molecule has 2 aromatic heterocycles. The predicted octanol–water partition coefficient (Wildman–Crippen LogP) is 3.90. The zero-order valence-corrected chi connectivity index (χ0v) is 16.3. The quantitative estimate of drug-likeness (QED) is 0.743. The molecule has 1 aliphatic rings. The lowest BCUT2D eigenvalue weighted by Crippen LogP contribution is -2.51. The highest BCUT2D eigenvalue weighted by Gasteiger charge is 2.23. The lowest BCUT2D eigenvalue weighted by Gasteiger charge is -2.31. The number of carbonyl (C=O) groups is 1. The van der Waals surface area contributed by atoms with Gasteiger partial charge in [0.2, 0.25) is 5.91 Å². The molecule has 1 amide bonds. The van der Waals surface area contributed by atoms with Crippen molar-refractivity contribution >= 4 is 28.6 Å². The van der Waals surface area contributed by atoms with Gasteiger partial charge in [-0.1, -0.05) is 36.4 Å². The SMILES string of the molecule is CC1CN(C(=O)Cc2sc(-c3cccs3)nc2-c2ccccc2)CCN1. The molecular formula is C20H21N3OS2. The summed E-state index contributed by atoms with van der Waals surface area (Å²) in [6.45, 7) is 4.54. The monoisotopic (exact) mass is 383 g/mol. The first-order chi connectivity index (χ1) is 12.7. The van der Waals surface area contributed by atoms with Gasteiger partial charge in [0.05, 0.1) is 17.0 Å². The van der Waals surface area contributed by atoms with Gasteiger partial charge in [-0.05, 0) is 18.4 Å². The standard InChI is InChI=1S/C20H21N3OS2/c1-14-13-23(10-9-21-14)18(24)12-17-19(15-6-3-2-4-7-15)22-20(26-17)16-8-5-11-25-16/h2-8,11,14,21H,9-10,12-13H2,1H3. The second-order valence-corrected chi connectivity index (χ2v) is 8.54. The molecule has 0 radical (unpaired) electrons. The van der Waals surface area contributed by atoms with E-state index in [0.29, 0.717) is 12.5 Å². The molecule has 134 valence electrons. The number of nitrogens with one attached hydrogen (secondary N) is 1. The third-order valence-electron chi connectivity index (χ3n) is 4.51. The number of carbonyl (C=O) groups excluding carboxylic acids is 1. The summed E-state index contributed by atoms with van der Waals surface area (Å²) in [5.41, 5.74) is 2.01. The summed E-state index contributed by atoms with van der Waals surface area (Å²) >= 11 is 3.33. The van der Waals surface area contributed by atoms with Gasteiger partial charge < -0.3 is 10.2 Å². The van der Waals surface area contributed by atoms with Gasteiger partial charge in [0, 0.05) is 36.1 Å². The summed E-state index contributed by atoms with van der Waals surface area (Å²) < 4.78 is 0. The first-order valence-corrected chi connectivity index (χ1v) is 10.5. The summed E-state index contributed by atoms with van der Waals surface area (Å²) in [6.07, 6.45) is 0.417. The normalized spacial score (nSPS) is 17.4. The molecule has 1 N–H and O–H groups in total. The second kappa shape index (κ2) is 7.70. The van der Waals surface area contributed by atoms with E-state index in [4.69, 9.17) is 4.98 Å². The fourth-order valence-corrected chi connectivity index (χ4v) is 5.08. The van der Waals surface area contributed by atoms with Crippen LogP contribution in [-0.4, -0.2) is 41.5 Å². The van der Waals surface area contributed by atoms with Crippen LogP contribution >= 0.6 is 22.7 Å². The molecule has 6 heteroatoms. The number of thiophene rings is 1. The molecule has 1 aliphatic heterocycles. The molecule has 1 aromatic carbocycles. The van der Waals surface area contributed by atoms with E-state index in [1.54, 1.807) is 22.7 Å². The van der Waals surface area contributed by atoms with Crippen LogP contribution in [0.2, 0.25) is 0 Å². The summed E-state index contributed by atoms with van der Waals surface area (Å²) in [7, 11) is 0. The summed E-state index contributed by atoms with van der Waals surface area (Å²) in [6, 6.07) is 14.6. The molecule has 26 heavy (non-hydrogen) atoms. The van der Waals surface area contributed by atoms with Crippen molar-refractivity contribution in [2.24, 2.45) is 0 Å². The molecular weight excluding hydrogens is 362 g/mol. The van der Waals surface area contributed by atoms with Gasteiger partial charge in [-0.2, -0.15) is 0 Å². The van der Waals surface area contributed by atoms with Crippen molar-refractivity contribution in [2.75, 3.05) is 19.6 Å². The van der Waals surface area contributed by atoms with Crippen molar-refractivity contribution in [3.8, 4) is 21.1 Å². The van der Waals surface area contributed by atoms with E-state index < -0.39 is 0 Å². The first kappa shape index (κ1) is 17.4. The highest BCUT2D eigenvalue weighted by Crippen LogP contribution is 2.36. The zero-order chi connectivity index (χ0) is 17.9. The number of nitrogens with zero attached hydrogens (tertiary/aromatic N) is 2. The van der Waals surface area contributed by atoms with Gasteiger partial charge in [-0.15, -0.1) is 22.7 Å². The maximum absolute atomic E-state index is 12.9. The number of rotatable bonds is 4. The molecule has 3 aromatic rings. The van der Waals surface area contributed by atoms with Gasteiger partial charge >= 0.3 is 0 Å². The number of piperazine rings is 1. The minimum atomic E-state index is 0.192. The van der Waals surface area contributed by atoms with Crippen LogP contribution in [-0.2, 0) is 11.2 Å². The van der Waals surface area contributed by atoms with Gasteiger partial charge in [0.25, 0.3) is 0 Å². The van der Waals surface area contributed by atoms with Crippen molar-refractivity contribution in [3.63, 3.8) is 0 Å². The van der Waals surface area contributed by atoms with E-state index in [9.17, 15) is 4.79 Å². The second-order valence-electron chi connectivity index (χ2n) is 6.51. The molecule has 3 heterocycles. The Morgan fingerprint density at radius 1 is 1.27 bits per heavy atom. The summed E-state index contributed by atoms with van der Waals surface area (Å²) in [5, 5.41) is 6.45. The van der Waals surface area contributed by atoms with Crippen molar-refractivity contribution in [1.29, 1.82) is 0 Å². The number of aromatic nitrogens is 1. The Hall–Kier alpha value is -2.02. The molecule has 0 bridgehead atoms.